The van der Waals surface area contributed by atoms with Crippen LogP contribution in [-0.2, 0) is 0 Å². The number of ketones is 1. The number of Topliss-reactive ketones (excluding diaryl/α,β-unsaturated/α-hetero) is 1. The summed E-state index contributed by atoms with van der Waals surface area (Å²) in [5.74, 6) is 0.0111. The van der Waals surface area contributed by atoms with Gasteiger partial charge < -0.3 is 15.5 Å². The zero-order valence-electron chi connectivity index (χ0n) is 12.1. The highest BCUT2D eigenvalue weighted by atomic mass is 32.1. The van der Waals surface area contributed by atoms with Crippen molar-refractivity contribution < 1.29 is 4.79 Å². The third-order valence-corrected chi connectivity index (χ3v) is 4.99. The second-order valence-electron chi connectivity index (χ2n) is 5.22. The Kier molecular flexibility index (Phi) is 4.31. The fourth-order valence-corrected chi connectivity index (χ4v) is 3.86. The van der Waals surface area contributed by atoms with Gasteiger partial charge in [0, 0.05) is 32.1 Å². The summed E-state index contributed by atoms with van der Waals surface area (Å²) in [4.78, 5) is 16.9. The van der Waals surface area contributed by atoms with Crippen LogP contribution in [0.5, 0.6) is 0 Å². The number of hydrogen-bond donors (Lipinski definition) is 1. The maximum atomic E-state index is 11.9. The number of carbonyl (C=O) groups is 1. The molecular weight excluding hydrogens is 272 g/mol. The molecule has 20 heavy (non-hydrogen) atoms. The Hall–Kier alpha value is -1.58. The Balaban J connectivity index is 2.42. The third-order valence-electron chi connectivity index (χ3n) is 3.70. The Morgan fingerprint density at radius 3 is 2.80 bits per heavy atom. The summed E-state index contributed by atoms with van der Waals surface area (Å²) in [5, 5.41) is 10.2. The molecule has 0 aromatic carbocycles. The molecule has 1 atom stereocenters. The number of hydrogen-bond acceptors (Lipinski definition) is 6. The molecule has 5 nitrogen and oxygen atoms in total. The SMILES string of the molecule is CCC(=O)c1sc(N2CCN(C)CC2C)c(C#N)c1N. The normalized spacial score (nSPS) is 19.9. The Labute approximate surface area is 123 Å². The van der Waals surface area contributed by atoms with E-state index < -0.39 is 0 Å². The lowest BCUT2D eigenvalue weighted by atomic mass is 10.1. The van der Waals surface area contributed by atoms with Gasteiger partial charge in [0.1, 0.15) is 16.6 Å². The predicted octanol–water partition coefficient (Wildman–Crippen LogP) is 1.93. The molecule has 1 unspecified atom stereocenters. The summed E-state index contributed by atoms with van der Waals surface area (Å²) in [6.07, 6.45) is 0.410. The number of piperazine rings is 1. The van der Waals surface area contributed by atoms with Gasteiger partial charge in [-0.1, -0.05) is 6.92 Å². The summed E-state index contributed by atoms with van der Waals surface area (Å²) < 4.78 is 0. The van der Waals surface area contributed by atoms with Gasteiger partial charge >= 0.3 is 0 Å². The van der Waals surface area contributed by atoms with Crippen molar-refractivity contribution in [2.45, 2.75) is 26.3 Å². The zero-order valence-corrected chi connectivity index (χ0v) is 13.0. The number of anilines is 2. The van der Waals surface area contributed by atoms with Crippen LogP contribution in [0.4, 0.5) is 10.7 Å². The van der Waals surface area contributed by atoms with Crippen LogP contribution in [0.25, 0.3) is 0 Å². The van der Waals surface area contributed by atoms with Gasteiger partial charge in [0.15, 0.2) is 5.78 Å². The third kappa shape index (κ3) is 2.51. The summed E-state index contributed by atoms with van der Waals surface area (Å²) in [5.41, 5.74) is 6.81. The highest BCUT2D eigenvalue weighted by Crippen LogP contribution is 2.39. The topological polar surface area (TPSA) is 73.4 Å². The van der Waals surface area contributed by atoms with Crippen LogP contribution in [-0.4, -0.2) is 43.4 Å². The summed E-state index contributed by atoms with van der Waals surface area (Å²) in [6, 6.07) is 2.48. The Bertz CT molecular complexity index is 560. The van der Waals surface area contributed by atoms with Gasteiger partial charge in [0.2, 0.25) is 0 Å². The van der Waals surface area contributed by atoms with Gasteiger partial charge in [-0.25, -0.2) is 0 Å². The summed E-state index contributed by atoms with van der Waals surface area (Å²) in [6.45, 7) is 6.69. The summed E-state index contributed by atoms with van der Waals surface area (Å²) in [7, 11) is 2.09. The first-order valence-electron chi connectivity index (χ1n) is 6.80. The van der Waals surface area contributed by atoms with Crippen LogP contribution < -0.4 is 10.6 Å². The molecular formula is C14H20N4OS. The molecule has 0 bridgehead atoms. The second-order valence-corrected chi connectivity index (χ2v) is 6.22. The fourth-order valence-electron chi connectivity index (χ4n) is 2.55. The van der Waals surface area contributed by atoms with Gasteiger partial charge in [-0.05, 0) is 14.0 Å². The molecule has 1 fully saturated rings. The lowest BCUT2D eigenvalue weighted by molar-refractivity contribution is 0.0993. The van der Waals surface area contributed by atoms with Crippen LogP contribution in [0.1, 0.15) is 35.5 Å². The van der Waals surface area contributed by atoms with E-state index in [1.165, 1.54) is 11.3 Å². The number of carbonyl (C=O) groups excluding carboxylic acids is 1. The highest BCUT2D eigenvalue weighted by Gasteiger charge is 2.28. The van der Waals surface area contributed by atoms with Crippen molar-refractivity contribution in [2.75, 3.05) is 37.3 Å². The lowest BCUT2D eigenvalue weighted by Crippen LogP contribution is -2.50. The first-order valence-corrected chi connectivity index (χ1v) is 7.62. The van der Waals surface area contributed by atoms with Crippen molar-refractivity contribution in [3.05, 3.63) is 10.4 Å². The number of likely N-dealkylation sites (N-methyl/N-ethyl adjacent to an activating group) is 1. The molecule has 1 aromatic heterocycles. The molecule has 2 N–H and O–H groups in total. The largest absolute Gasteiger partial charge is 0.396 e. The number of nitriles is 1. The van der Waals surface area contributed by atoms with Crippen LogP contribution in [0, 0.1) is 11.3 Å². The molecule has 0 spiro atoms. The van der Waals surface area contributed by atoms with Crippen LogP contribution in [0.3, 0.4) is 0 Å². The number of nitrogens with zero attached hydrogens (tertiary/aromatic N) is 3. The molecule has 0 aliphatic carbocycles. The van der Waals surface area contributed by atoms with Crippen molar-refractivity contribution in [3.63, 3.8) is 0 Å². The molecule has 0 amide bonds. The average molecular weight is 292 g/mol. The van der Waals surface area contributed by atoms with Crippen molar-refractivity contribution in [1.29, 1.82) is 5.26 Å². The molecule has 2 heterocycles. The molecule has 1 aromatic rings. The smallest absolute Gasteiger partial charge is 0.174 e. The minimum absolute atomic E-state index is 0.0111. The number of nitrogens with two attached hydrogens (primary N) is 1. The van der Waals surface area contributed by atoms with E-state index in [0.29, 0.717) is 28.6 Å². The molecule has 6 heteroatoms. The number of nitrogen functional groups attached to an aromatic ring is 1. The first kappa shape index (κ1) is 14.8. The predicted molar refractivity (Wildman–Crippen MR) is 82.4 cm³/mol. The van der Waals surface area contributed by atoms with E-state index in [0.717, 1.165) is 24.6 Å². The van der Waals surface area contributed by atoms with E-state index in [-0.39, 0.29) is 5.78 Å². The molecule has 2 rings (SSSR count). The summed E-state index contributed by atoms with van der Waals surface area (Å²) >= 11 is 1.37. The van der Waals surface area contributed by atoms with Gasteiger partial charge in [-0.2, -0.15) is 5.26 Å². The zero-order chi connectivity index (χ0) is 14.9. The van der Waals surface area contributed by atoms with Crippen molar-refractivity contribution in [2.24, 2.45) is 0 Å². The standard InChI is InChI=1S/C14H20N4OS/c1-4-11(19)13-12(16)10(7-15)14(20-13)18-6-5-17(3)8-9(18)2/h9H,4-6,8,16H2,1-3H3. The molecule has 0 saturated carbocycles. The van der Waals surface area contributed by atoms with Gasteiger partial charge in [-0.3, -0.25) is 4.79 Å². The van der Waals surface area contributed by atoms with Gasteiger partial charge in [0.25, 0.3) is 0 Å². The second kappa shape index (κ2) is 5.81. The van der Waals surface area contributed by atoms with Crippen LogP contribution in [0.2, 0.25) is 0 Å². The van der Waals surface area contributed by atoms with E-state index in [4.69, 9.17) is 5.73 Å². The van der Waals surface area contributed by atoms with E-state index in [9.17, 15) is 10.1 Å². The number of thiophene rings is 1. The van der Waals surface area contributed by atoms with Crippen molar-refractivity contribution in [1.82, 2.24) is 4.90 Å². The minimum Gasteiger partial charge on any atom is -0.396 e. The maximum Gasteiger partial charge on any atom is 0.174 e. The van der Waals surface area contributed by atoms with E-state index >= 15 is 0 Å². The fraction of sp³-hybridized carbons (Fsp3) is 0.571. The van der Waals surface area contributed by atoms with E-state index in [1.807, 2.05) is 6.92 Å². The molecule has 1 aliphatic heterocycles. The quantitative estimate of drug-likeness (QED) is 0.862. The minimum atomic E-state index is 0.0111. The lowest BCUT2D eigenvalue weighted by Gasteiger charge is -2.39. The maximum absolute atomic E-state index is 11.9. The van der Waals surface area contributed by atoms with E-state index in [2.05, 4.69) is 29.8 Å². The first-order chi connectivity index (χ1) is 9.49. The Morgan fingerprint density at radius 2 is 2.25 bits per heavy atom. The van der Waals surface area contributed by atoms with Gasteiger partial charge in [-0.15, -0.1) is 11.3 Å². The van der Waals surface area contributed by atoms with Crippen LogP contribution in [0.15, 0.2) is 0 Å². The van der Waals surface area contributed by atoms with Crippen LogP contribution >= 0.6 is 11.3 Å². The molecule has 1 aliphatic rings. The highest BCUT2D eigenvalue weighted by molar-refractivity contribution is 7.19. The Morgan fingerprint density at radius 1 is 1.55 bits per heavy atom. The molecule has 108 valence electrons. The van der Waals surface area contributed by atoms with Crippen molar-refractivity contribution in [3.8, 4) is 6.07 Å². The number of rotatable bonds is 3. The molecule has 0 radical (unpaired) electrons. The van der Waals surface area contributed by atoms with Gasteiger partial charge in [0.05, 0.1) is 10.6 Å². The van der Waals surface area contributed by atoms with E-state index in [1.54, 1.807) is 0 Å². The molecule has 1 saturated heterocycles. The average Bonchev–Trinajstić information content (AvgIpc) is 2.74. The van der Waals surface area contributed by atoms with Crippen molar-refractivity contribution >= 4 is 27.8 Å². The monoisotopic (exact) mass is 292 g/mol.